The third-order valence-electron chi connectivity index (χ3n) is 4.33. The molecule has 2 aliphatic rings. The third kappa shape index (κ3) is 3.76. The van der Waals surface area contributed by atoms with Crippen molar-refractivity contribution in [2.24, 2.45) is 11.8 Å². The predicted molar refractivity (Wildman–Crippen MR) is 86.4 cm³/mol. The first-order valence-electron chi connectivity index (χ1n) is 7.85. The van der Waals surface area contributed by atoms with Crippen molar-refractivity contribution in [2.75, 3.05) is 19.7 Å². The number of ether oxygens (including phenoxy) is 1. The van der Waals surface area contributed by atoms with Crippen molar-refractivity contribution in [3.63, 3.8) is 0 Å². The number of aryl methyl sites for hydroxylation is 1. The van der Waals surface area contributed by atoms with Crippen molar-refractivity contribution in [3.05, 3.63) is 27.7 Å². The zero-order valence-corrected chi connectivity index (χ0v) is 13.8. The standard InChI is InChI=1S/C17H24BrNO/c1-12-7-15(9-14-3-2-6-19-10-14)17(16(18)8-12)20-11-13-4-5-13/h7-8,13-14,19H,2-6,9-11H2,1H3. The predicted octanol–water partition coefficient (Wildman–Crippen LogP) is 4.09. The fraction of sp³-hybridized carbons (Fsp3) is 0.647. The molecule has 0 bridgehead atoms. The smallest absolute Gasteiger partial charge is 0.136 e. The Morgan fingerprint density at radius 1 is 1.25 bits per heavy atom. The van der Waals surface area contributed by atoms with Crippen molar-refractivity contribution in [1.29, 1.82) is 0 Å². The summed E-state index contributed by atoms with van der Waals surface area (Å²) in [7, 11) is 0. The van der Waals surface area contributed by atoms with Crippen LogP contribution in [0.5, 0.6) is 5.75 Å². The number of piperidine rings is 1. The van der Waals surface area contributed by atoms with Crippen LogP contribution in [0.3, 0.4) is 0 Å². The van der Waals surface area contributed by atoms with Crippen molar-refractivity contribution in [2.45, 2.75) is 39.0 Å². The van der Waals surface area contributed by atoms with Crippen LogP contribution in [0.15, 0.2) is 16.6 Å². The summed E-state index contributed by atoms with van der Waals surface area (Å²) in [5, 5.41) is 3.51. The topological polar surface area (TPSA) is 21.3 Å². The molecule has 0 aromatic heterocycles. The Labute approximate surface area is 130 Å². The van der Waals surface area contributed by atoms with Gasteiger partial charge in [-0.05, 0) is 97.1 Å². The second-order valence-corrected chi connectivity index (χ2v) is 7.26. The van der Waals surface area contributed by atoms with Crippen LogP contribution in [0.4, 0.5) is 0 Å². The molecule has 1 aromatic rings. The Morgan fingerprint density at radius 2 is 2.10 bits per heavy atom. The molecule has 1 atom stereocenters. The van der Waals surface area contributed by atoms with Gasteiger partial charge in [-0.2, -0.15) is 0 Å². The highest BCUT2D eigenvalue weighted by molar-refractivity contribution is 9.10. The first-order chi connectivity index (χ1) is 9.72. The highest BCUT2D eigenvalue weighted by Crippen LogP contribution is 2.36. The lowest BCUT2D eigenvalue weighted by molar-refractivity contribution is 0.291. The summed E-state index contributed by atoms with van der Waals surface area (Å²) in [5.41, 5.74) is 2.70. The lowest BCUT2D eigenvalue weighted by Crippen LogP contribution is -2.31. The minimum Gasteiger partial charge on any atom is -0.492 e. The van der Waals surface area contributed by atoms with Crippen LogP contribution in [0.1, 0.15) is 36.8 Å². The zero-order valence-electron chi connectivity index (χ0n) is 12.3. The Balaban J connectivity index is 1.74. The quantitative estimate of drug-likeness (QED) is 0.873. The molecule has 1 aliphatic heterocycles. The Kier molecular flexibility index (Phi) is 4.67. The van der Waals surface area contributed by atoms with Crippen LogP contribution in [0.2, 0.25) is 0 Å². The fourth-order valence-corrected chi connectivity index (χ4v) is 3.74. The van der Waals surface area contributed by atoms with Gasteiger partial charge in [-0.15, -0.1) is 0 Å². The van der Waals surface area contributed by atoms with Gasteiger partial charge in [-0.25, -0.2) is 0 Å². The molecule has 0 amide bonds. The first-order valence-corrected chi connectivity index (χ1v) is 8.64. The number of benzene rings is 1. The number of nitrogens with one attached hydrogen (secondary N) is 1. The van der Waals surface area contributed by atoms with E-state index in [0.29, 0.717) is 0 Å². The number of rotatable bonds is 5. The molecule has 0 radical (unpaired) electrons. The van der Waals surface area contributed by atoms with E-state index in [9.17, 15) is 0 Å². The van der Waals surface area contributed by atoms with E-state index in [1.165, 1.54) is 43.4 Å². The number of hydrogen-bond acceptors (Lipinski definition) is 2. The van der Waals surface area contributed by atoms with E-state index in [0.717, 1.165) is 41.6 Å². The third-order valence-corrected chi connectivity index (χ3v) is 4.92. The van der Waals surface area contributed by atoms with Gasteiger partial charge in [0.1, 0.15) is 5.75 Å². The van der Waals surface area contributed by atoms with Crippen molar-refractivity contribution in [3.8, 4) is 5.75 Å². The second kappa shape index (κ2) is 6.48. The van der Waals surface area contributed by atoms with E-state index in [-0.39, 0.29) is 0 Å². The monoisotopic (exact) mass is 337 g/mol. The molecule has 1 saturated heterocycles. The minimum absolute atomic E-state index is 0.751. The van der Waals surface area contributed by atoms with Crippen molar-refractivity contribution in [1.82, 2.24) is 5.32 Å². The van der Waals surface area contributed by atoms with Crippen molar-refractivity contribution < 1.29 is 4.74 Å². The lowest BCUT2D eigenvalue weighted by atomic mass is 9.91. The summed E-state index contributed by atoms with van der Waals surface area (Å²) in [6.07, 6.45) is 6.44. The van der Waals surface area contributed by atoms with Gasteiger partial charge in [0.15, 0.2) is 0 Å². The lowest BCUT2D eigenvalue weighted by Gasteiger charge is -2.24. The molecule has 1 aliphatic carbocycles. The number of hydrogen-bond donors (Lipinski definition) is 1. The fourth-order valence-electron chi connectivity index (χ4n) is 3.01. The van der Waals surface area contributed by atoms with E-state index in [1.807, 2.05) is 0 Å². The molecule has 1 N–H and O–H groups in total. The minimum atomic E-state index is 0.751. The molecule has 3 heteroatoms. The Hall–Kier alpha value is -0.540. The maximum Gasteiger partial charge on any atom is 0.136 e. The second-order valence-electron chi connectivity index (χ2n) is 6.41. The van der Waals surface area contributed by atoms with Crippen LogP contribution >= 0.6 is 15.9 Å². The summed E-state index contributed by atoms with van der Waals surface area (Å²) in [4.78, 5) is 0. The normalized spacial score (nSPS) is 22.8. The van der Waals surface area contributed by atoms with E-state index in [4.69, 9.17) is 4.74 Å². The van der Waals surface area contributed by atoms with Crippen LogP contribution in [-0.4, -0.2) is 19.7 Å². The Bertz CT molecular complexity index is 464. The number of halogens is 1. The van der Waals surface area contributed by atoms with Crippen molar-refractivity contribution >= 4 is 15.9 Å². The maximum absolute atomic E-state index is 6.12. The van der Waals surface area contributed by atoms with E-state index >= 15 is 0 Å². The average molecular weight is 338 g/mol. The first kappa shape index (κ1) is 14.4. The molecule has 3 rings (SSSR count). The SMILES string of the molecule is Cc1cc(Br)c(OCC2CC2)c(CC2CCCNC2)c1. The van der Waals surface area contributed by atoms with Gasteiger partial charge in [-0.3, -0.25) is 0 Å². The molecule has 2 fully saturated rings. The molecule has 0 spiro atoms. The van der Waals surface area contributed by atoms with Gasteiger partial charge in [0.05, 0.1) is 11.1 Å². The van der Waals surface area contributed by atoms with E-state index in [2.05, 4.69) is 40.3 Å². The van der Waals surface area contributed by atoms with E-state index < -0.39 is 0 Å². The molecule has 20 heavy (non-hydrogen) atoms. The summed E-state index contributed by atoms with van der Waals surface area (Å²) in [6, 6.07) is 4.48. The van der Waals surface area contributed by atoms with E-state index in [1.54, 1.807) is 0 Å². The Morgan fingerprint density at radius 3 is 2.80 bits per heavy atom. The molecule has 1 aromatic carbocycles. The van der Waals surface area contributed by atoms with Gasteiger partial charge in [0, 0.05) is 0 Å². The van der Waals surface area contributed by atoms with Gasteiger partial charge in [-0.1, -0.05) is 6.07 Å². The zero-order chi connectivity index (χ0) is 13.9. The summed E-state index contributed by atoms with van der Waals surface area (Å²) in [6.45, 7) is 5.38. The summed E-state index contributed by atoms with van der Waals surface area (Å²) < 4.78 is 7.24. The molecule has 110 valence electrons. The molecule has 1 unspecified atom stereocenters. The van der Waals surface area contributed by atoms with Gasteiger partial charge in [0.25, 0.3) is 0 Å². The molecule has 1 heterocycles. The molecular formula is C17H24BrNO. The van der Waals surface area contributed by atoms with Crippen LogP contribution < -0.4 is 10.1 Å². The van der Waals surface area contributed by atoms with Gasteiger partial charge in [0.2, 0.25) is 0 Å². The summed E-state index contributed by atoms with van der Waals surface area (Å²) in [5.74, 6) is 2.64. The van der Waals surface area contributed by atoms with Gasteiger partial charge >= 0.3 is 0 Å². The average Bonchev–Trinajstić information content (AvgIpc) is 3.23. The van der Waals surface area contributed by atoms with Crippen LogP contribution in [0, 0.1) is 18.8 Å². The molecule has 1 saturated carbocycles. The molecule has 2 nitrogen and oxygen atoms in total. The van der Waals surface area contributed by atoms with Crippen LogP contribution in [-0.2, 0) is 6.42 Å². The highest BCUT2D eigenvalue weighted by atomic mass is 79.9. The maximum atomic E-state index is 6.12. The summed E-state index contributed by atoms with van der Waals surface area (Å²) >= 11 is 3.69. The van der Waals surface area contributed by atoms with Gasteiger partial charge < -0.3 is 10.1 Å². The highest BCUT2D eigenvalue weighted by Gasteiger charge is 2.24. The largest absolute Gasteiger partial charge is 0.492 e. The molecular weight excluding hydrogens is 314 g/mol. The van der Waals surface area contributed by atoms with Crippen LogP contribution in [0.25, 0.3) is 0 Å².